The summed E-state index contributed by atoms with van der Waals surface area (Å²) in [5.41, 5.74) is 2.21. The first kappa shape index (κ1) is 30.5. The Morgan fingerprint density at radius 1 is 0.947 bits per heavy atom. The summed E-state index contributed by atoms with van der Waals surface area (Å²) >= 11 is -1.05. The van der Waals surface area contributed by atoms with E-state index in [1.54, 1.807) is 21.9 Å². The molecule has 3 rings (SSSR count). The van der Waals surface area contributed by atoms with Crippen molar-refractivity contribution >= 4 is 50.1 Å². The van der Waals surface area contributed by atoms with Gasteiger partial charge in [-0.15, -0.1) is 0 Å². The zero-order valence-corrected chi connectivity index (χ0v) is 27.8. The average Bonchev–Trinajstić information content (AvgIpc) is 3.42. The van der Waals surface area contributed by atoms with Gasteiger partial charge >= 0.3 is 208 Å². The molecule has 0 bridgehead atoms. The first-order valence-corrected chi connectivity index (χ1v) is 22.6. The number of nitrogens with zero attached hydrogens (tertiary/aromatic N) is 4. The topological polar surface area (TPSA) is 71.0 Å². The van der Waals surface area contributed by atoms with Gasteiger partial charge in [-0.05, 0) is 13.8 Å². The molecule has 1 aromatic carbocycles. The third-order valence-corrected chi connectivity index (χ3v) is 23.8. The van der Waals surface area contributed by atoms with Crippen LogP contribution in [0, 0.1) is 0 Å². The van der Waals surface area contributed by atoms with Gasteiger partial charge in [0.25, 0.3) is 0 Å². The van der Waals surface area contributed by atoms with E-state index in [9.17, 15) is 4.79 Å². The predicted molar refractivity (Wildman–Crippen MR) is 166 cm³/mol. The summed E-state index contributed by atoms with van der Waals surface area (Å²) in [6, 6.07) is 10.9. The Bertz CT molecular complexity index is 1130. The van der Waals surface area contributed by atoms with Gasteiger partial charge in [0.15, 0.2) is 0 Å². The number of unbranched alkanes of at least 4 members (excludes halogenated alkanes) is 3. The molecule has 8 heteroatoms. The number of aromatic nitrogens is 3. The van der Waals surface area contributed by atoms with Gasteiger partial charge in [0.2, 0.25) is 0 Å². The van der Waals surface area contributed by atoms with Crippen molar-refractivity contribution in [3.05, 3.63) is 47.6 Å². The molecule has 0 aliphatic rings. The molecule has 38 heavy (non-hydrogen) atoms. The summed E-state index contributed by atoms with van der Waals surface area (Å²) in [7, 11) is 1.80. The third-order valence-electron chi connectivity index (χ3n) is 7.22. The van der Waals surface area contributed by atoms with Gasteiger partial charge in [-0.25, -0.2) is 4.98 Å². The Morgan fingerprint density at radius 3 is 2.11 bits per heavy atom. The van der Waals surface area contributed by atoms with Crippen molar-refractivity contribution in [2.75, 3.05) is 17.3 Å². The van der Waals surface area contributed by atoms with Crippen molar-refractivity contribution in [3.8, 4) is 11.4 Å². The molecule has 2 aromatic heterocycles. The van der Waals surface area contributed by atoms with Crippen LogP contribution in [0.3, 0.4) is 0 Å². The zero-order valence-electron chi connectivity index (χ0n) is 24.1. The Hall–Kier alpha value is -2.00. The number of amides is 1. The molecule has 0 radical (unpaired) electrons. The fourth-order valence-corrected chi connectivity index (χ4v) is 21.7. The molecule has 0 aliphatic carbocycles. The molecule has 0 spiro atoms. The van der Waals surface area contributed by atoms with E-state index in [2.05, 4.69) is 74.2 Å². The monoisotopic (exact) mass is 643 g/mol. The predicted octanol–water partition coefficient (Wildman–Crippen LogP) is 7.75. The molecule has 0 saturated carbocycles. The number of rotatable bonds is 15. The molecule has 3 aromatic rings. The molecule has 206 valence electrons. The van der Waals surface area contributed by atoms with E-state index >= 15 is 0 Å². The SMILES string of the molecule is CCC[CH2][Sn]([CH2]CCC)([CH2]CCC)[c]1ccc(C(=O)N(C)c2nc(-c3cc(NC(C)C)ncn3)cs2)cc1. The number of benzene rings is 1. The van der Waals surface area contributed by atoms with Crippen LogP contribution in [0.4, 0.5) is 10.9 Å². The molecule has 2 heterocycles. The van der Waals surface area contributed by atoms with Crippen LogP contribution in [-0.4, -0.2) is 52.3 Å². The Kier molecular flexibility index (Phi) is 12.0. The van der Waals surface area contributed by atoms with Crippen molar-refractivity contribution in [1.82, 2.24) is 15.0 Å². The molecule has 0 unspecified atom stereocenters. The average molecular weight is 643 g/mol. The second kappa shape index (κ2) is 15.0. The van der Waals surface area contributed by atoms with Gasteiger partial charge in [-0.2, -0.15) is 0 Å². The summed E-state index contributed by atoms with van der Waals surface area (Å²) in [4.78, 5) is 28.5. The van der Waals surface area contributed by atoms with Crippen LogP contribution >= 0.6 is 11.3 Å². The summed E-state index contributed by atoms with van der Waals surface area (Å²) in [6.45, 7) is 11.1. The van der Waals surface area contributed by atoms with Gasteiger partial charge in [0.1, 0.15) is 0 Å². The normalized spacial score (nSPS) is 11.7. The number of nitrogens with one attached hydrogen (secondary N) is 1. The second-order valence-corrected chi connectivity index (χ2v) is 24.7. The first-order valence-electron chi connectivity index (χ1n) is 14.3. The van der Waals surface area contributed by atoms with Crippen LogP contribution in [0.2, 0.25) is 13.3 Å². The molecular weight excluding hydrogens is 597 g/mol. The van der Waals surface area contributed by atoms with Gasteiger partial charge < -0.3 is 5.32 Å². The van der Waals surface area contributed by atoms with Crippen LogP contribution in [0.5, 0.6) is 0 Å². The van der Waals surface area contributed by atoms with E-state index < -0.39 is 18.4 Å². The van der Waals surface area contributed by atoms with Crippen molar-refractivity contribution in [3.63, 3.8) is 0 Å². The molecule has 0 saturated heterocycles. The molecule has 0 fully saturated rings. The minimum atomic E-state index is -2.50. The van der Waals surface area contributed by atoms with E-state index in [1.165, 1.54) is 63.2 Å². The van der Waals surface area contributed by atoms with Crippen LogP contribution < -0.4 is 13.8 Å². The van der Waals surface area contributed by atoms with E-state index in [-0.39, 0.29) is 11.9 Å². The van der Waals surface area contributed by atoms with Crippen LogP contribution in [0.25, 0.3) is 11.4 Å². The first-order chi connectivity index (χ1) is 18.3. The summed E-state index contributed by atoms with van der Waals surface area (Å²) in [6.07, 6.45) is 9.33. The van der Waals surface area contributed by atoms with Gasteiger partial charge in [-0.1, -0.05) is 0 Å². The molecule has 1 N–H and O–H groups in total. The van der Waals surface area contributed by atoms with Crippen LogP contribution in [0.15, 0.2) is 42.0 Å². The molecule has 1 amide bonds. The van der Waals surface area contributed by atoms with Crippen molar-refractivity contribution in [2.45, 2.75) is 92.5 Å². The number of anilines is 2. The van der Waals surface area contributed by atoms with Crippen molar-refractivity contribution in [2.24, 2.45) is 0 Å². The molecule has 0 atom stereocenters. The van der Waals surface area contributed by atoms with E-state index in [0.29, 0.717) is 5.13 Å². The van der Waals surface area contributed by atoms with Gasteiger partial charge in [-0.3, -0.25) is 0 Å². The van der Waals surface area contributed by atoms with E-state index in [4.69, 9.17) is 4.98 Å². The summed E-state index contributed by atoms with van der Waals surface area (Å²) in [5, 5.41) is 5.90. The molecule has 0 aliphatic heterocycles. The van der Waals surface area contributed by atoms with Crippen molar-refractivity contribution in [1.29, 1.82) is 0 Å². The van der Waals surface area contributed by atoms with Gasteiger partial charge in [0, 0.05) is 6.04 Å². The maximum absolute atomic E-state index is 13.4. The Labute approximate surface area is 237 Å². The number of thiazole rings is 1. The fraction of sp³-hybridized carbons (Fsp3) is 0.533. The number of hydrogen-bond donors (Lipinski definition) is 1. The zero-order chi connectivity index (χ0) is 27.5. The number of carbonyl (C=O) groups excluding carboxylic acids is 1. The number of carbonyl (C=O) groups is 1. The number of hydrogen-bond acceptors (Lipinski definition) is 6. The minimum absolute atomic E-state index is 0.0289. The standard InChI is InChI=1S/C18H18N5OS.3C4H9.Sn/c1-12(2)21-16-9-14(19-11-20-16)15-10-25-18(22-15)23(3)17(24)13-7-5-4-6-8-13;3*1-3-4-2;/h5-12H,1-3H3,(H,19,20,21);3*1,3-4H2,2H3;. The maximum atomic E-state index is 13.4. The Balaban J connectivity index is 1.79. The fourth-order valence-electron chi connectivity index (χ4n) is 5.01. The molecule has 6 nitrogen and oxygen atoms in total. The van der Waals surface area contributed by atoms with Gasteiger partial charge in [0.05, 0.1) is 0 Å². The third kappa shape index (κ3) is 8.01. The van der Waals surface area contributed by atoms with E-state index in [0.717, 1.165) is 22.8 Å². The quantitative estimate of drug-likeness (QED) is 0.172. The second-order valence-electron chi connectivity index (χ2n) is 10.6. The Morgan fingerprint density at radius 2 is 1.55 bits per heavy atom. The summed E-state index contributed by atoms with van der Waals surface area (Å²) < 4.78 is 5.88. The van der Waals surface area contributed by atoms with Crippen LogP contribution in [-0.2, 0) is 0 Å². The summed E-state index contributed by atoms with van der Waals surface area (Å²) in [5.74, 6) is 0.737. The van der Waals surface area contributed by atoms with E-state index in [1.807, 2.05) is 11.4 Å². The molecular formula is C30H45N5OSSn. The van der Waals surface area contributed by atoms with Crippen molar-refractivity contribution < 1.29 is 4.79 Å². The van der Waals surface area contributed by atoms with Crippen LogP contribution in [0.1, 0.15) is 83.5 Å².